The zero-order valence-corrected chi connectivity index (χ0v) is 15.9. The zero-order valence-electron chi connectivity index (χ0n) is 15.1. The number of methoxy groups -OCH3 is 1. The molecule has 8 heteroatoms. The summed E-state index contributed by atoms with van der Waals surface area (Å²) in [6, 6.07) is 13.3. The van der Waals surface area contributed by atoms with Crippen molar-refractivity contribution in [2.75, 3.05) is 17.3 Å². The van der Waals surface area contributed by atoms with Gasteiger partial charge in [0, 0.05) is 10.9 Å². The maximum Gasteiger partial charge on any atom is 0.282 e. The Kier molecular flexibility index (Phi) is 4.85. The van der Waals surface area contributed by atoms with Crippen molar-refractivity contribution in [1.29, 1.82) is 0 Å². The number of ether oxygens (including phenoxy) is 1. The number of thiophene rings is 1. The Morgan fingerprint density at radius 2 is 1.76 bits per heavy atom. The number of nitrogens with zero attached hydrogens (tertiary/aromatic N) is 1. The van der Waals surface area contributed by atoms with Crippen LogP contribution < -0.4 is 15.0 Å². The summed E-state index contributed by atoms with van der Waals surface area (Å²) in [6.07, 6.45) is 0. The number of nitrogens with one attached hydrogen (secondary N) is 1. The van der Waals surface area contributed by atoms with E-state index in [1.54, 1.807) is 41.8 Å². The lowest BCUT2D eigenvalue weighted by Gasteiger charge is -2.16. The van der Waals surface area contributed by atoms with Crippen LogP contribution in [0.3, 0.4) is 0 Å². The van der Waals surface area contributed by atoms with Gasteiger partial charge in [-0.05, 0) is 35.7 Å². The minimum Gasteiger partial charge on any atom is -0.495 e. The maximum atomic E-state index is 13.7. The number of rotatable bonds is 5. The van der Waals surface area contributed by atoms with Crippen molar-refractivity contribution < 1.29 is 23.1 Å². The van der Waals surface area contributed by atoms with Gasteiger partial charge in [0.25, 0.3) is 11.8 Å². The van der Waals surface area contributed by atoms with Crippen LogP contribution in [-0.4, -0.2) is 18.9 Å². The van der Waals surface area contributed by atoms with E-state index in [2.05, 4.69) is 5.32 Å². The van der Waals surface area contributed by atoms with Crippen LogP contribution in [0.15, 0.2) is 65.7 Å². The third-order valence-electron chi connectivity index (χ3n) is 4.38. The standard InChI is InChI=1S/C21H14F2N2O3S/c1-28-16-6-3-2-5-15(16)24-19-18(17-7-4-10-29-17)20(26)25(21(19)27)12-8-9-13(22)14(23)11-12/h2-11,24H,1H3. The Hall–Kier alpha value is -3.52. The molecule has 5 nitrogen and oxygen atoms in total. The lowest BCUT2D eigenvalue weighted by atomic mass is 10.1. The lowest BCUT2D eigenvalue weighted by molar-refractivity contribution is -0.120. The van der Waals surface area contributed by atoms with Crippen molar-refractivity contribution in [1.82, 2.24) is 0 Å². The normalized spacial score (nSPS) is 14.0. The molecule has 0 bridgehead atoms. The second-order valence-electron chi connectivity index (χ2n) is 6.10. The van der Waals surface area contributed by atoms with Gasteiger partial charge in [0.15, 0.2) is 11.6 Å². The van der Waals surface area contributed by atoms with Gasteiger partial charge in [-0.25, -0.2) is 13.7 Å². The Bertz CT molecular complexity index is 1140. The van der Waals surface area contributed by atoms with Gasteiger partial charge in [0.1, 0.15) is 11.4 Å². The number of para-hydroxylation sites is 2. The van der Waals surface area contributed by atoms with Gasteiger partial charge in [-0.1, -0.05) is 18.2 Å². The van der Waals surface area contributed by atoms with Crippen LogP contribution in [0.1, 0.15) is 4.88 Å². The van der Waals surface area contributed by atoms with Crippen LogP contribution in [-0.2, 0) is 9.59 Å². The molecular weight excluding hydrogens is 398 g/mol. The first-order chi connectivity index (χ1) is 14.0. The lowest BCUT2D eigenvalue weighted by Crippen LogP contribution is -2.32. The molecule has 0 unspecified atom stereocenters. The highest BCUT2D eigenvalue weighted by molar-refractivity contribution is 7.11. The number of carbonyl (C=O) groups is 2. The summed E-state index contributed by atoms with van der Waals surface area (Å²) in [4.78, 5) is 27.7. The monoisotopic (exact) mass is 412 g/mol. The van der Waals surface area contributed by atoms with Crippen LogP contribution in [0, 0.1) is 11.6 Å². The van der Waals surface area contributed by atoms with E-state index in [1.807, 2.05) is 0 Å². The largest absolute Gasteiger partial charge is 0.495 e. The molecule has 4 rings (SSSR count). The summed E-state index contributed by atoms with van der Waals surface area (Å²) >= 11 is 1.29. The molecule has 2 amide bonds. The van der Waals surface area contributed by atoms with Crippen molar-refractivity contribution in [2.45, 2.75) is 0 Å². The summed E-state index contributed by atoms with van der Waals surface area (Å²) in [5.74, 6) is -3.02. The summed E-state index contributed by atoms with van der Waals surface area (Å²) in [6.45, 7) is 0. The molecule has 1 aliphatic heterocycles. The number of anilines is 2. The molecule has 0 fully saturated rings. The Morgan fingerprint density at radius 3 is 2.45 bits per heavy atom. The quantitative estimate of drug-likeness (QED) is 0.630. The van der Waals surface area contributed by atoms with Crippen molar-refractivity contribution in [3.8, 4) is 5.75 Å². The molecule has 1 N–H and O–H groups in total. The molecule has 1 aliphatic rings. The highest BCUT2D eigenvalue weighted by Gasteiger charge is 2.41. The predicted octanol–water partition coefficient (Wildman–Crippen LogP) is 4.43. The molecule has 146 valence electrons. The van der Waals surface area contributed by atoms with Crippen LogP contribution in [0.25, 0.3) is 5.57 Å². The molecule has 0 aliphatic carbocycles. The van der Waals surface area contributed by atoms with Crippen LogP contribution >= 0.6 is 11.3 Å². The molecule has 0 saturated carbocycles. The topological polar surface area (TPSA) is 58.6 Å². The minimum atomic E-state index is -1.15. The molecule has 2 aromatic carbocycles. The van der Waals surface area contributed by atoms with E-state index in [0.29, 0.717) is 16.3 Å². The highest BCUT2D eigenvalue weighted by Crippen LogP contribution is 2.37. The van der Waals surface area contributed by atoms with Gasteiger partial charge in [-0.15, -0.1) is 11.3 Å². The Balaban J connectivity index is 1.82. The van der Waals surface area contributed by atoms with Crippen molar-refractivity contribution >= 4 is 40.1 Å². The smallest absolute Gasteiger partial charge is 0.282 e. The van der Waals surface area contributed by atoms with E-state index in [-0.39, 0.29) is 17.0 Å². The van der Waals surface area contributed by atoms with Gasteiger partial charge < -0.3 is 10.1 Å². The molecule has 2 heterocycles. The van der Waals surface area contributed by atoms with Gasteiger partial charge in [0.05, 0.1) is 24.1 Å². The second kappa shape index (κ2) is 7.48. The van der Waals surface area contributed by atoms with E-state index in [0.717, 1.165) is 17.0 Å². The third kappa shape index (κ3) is 3.27. The minimum absolute atomic E-state index is 0.0340. The van der Waals surface area contributed by atoms with Crippen molar-refractivity contribution in [3.05, 3.63) is 82.2 Å². The fraction of sp³-hybridized carbons (Fsp3) is 0.0476. The number of amides is 2. The van der Waals surface area contributed by atoms with E-state index in [1.165, 1.54) is 24.5 Å². The number of halogens is 2. The molecular formula is C21H14F2N2O3S. The predicted molar refractivity (Wildman–Crippen MR) is 107 cm³/mol. The molecule has 0 radical (unpaired) electrons. The van der Waals surface area contributed by atoms with Gasteiger partial charge in [0.2, 0.25) is 0 Å². The number of imide groups is 1. The molecule has 1 aromatic heterocycles. The summed E-state index contributed by atoms with van der Waals surface area (Å²) < 4.78 is 32.4. The van der Waals surface area contributed by atoms with Crippen LogP contribution in [0.4, 0.5) is 20.2 Å². The fourth-order valence-electron chi connectivity index (χ4n) is 3.04. The van der Waals surface area contributed by atoms with Crippen molar-refractivity contribution in [3.63, 3.8) is 0 Å². The number of carbonyl (C=O) groups excluding carboxylic acids is 2. The Morgan fingerprint density at radius 1 is 0.966 bits per heavy atom. The fourth-order valence-corrected chi connectivity index (χ4v) is 3.80. The first kappa shape index (κ1) is 18.8. The molecule has 0 atom stereocenters. The number of benzene rings is 2. The first-order valence-electron chi connectivity index (χ1n) is 8.53. The Labute approximate surface area is 168 Å². The van der Waals surface area contributed by atoms with Gasteiger partial charge in [-0.2, -0.15) is 0 Å². The number of hydrogen-bond donors (Lipinski definition) is 1. The van der Waals surface area contributed by atoms with E-state index in [4.69, 9.17) is 4.74 Å². The van der Waals surface area contributed by atoms with Crippen LogP contribution in [0.5, 0.6) is 5.75 Å². The van der Waals surface area contributed by atoms with Gasteiger partial charge in [-0.3, -0.25) is 9.59 Å². The average Bonchev–Trinajstić information content (AvgIpc) is 3.32. The maximum absolute atomic E-state index is 13.7. The SMILES string of the molecule is COc1ccccc1NC1=C(c2cccs2)C(=O)N(c2ccc(F)c(F)c2)C1=O. The summed E-state index contributed by atoms with van der Waals surface area (Å²) in [5.41, 5.74) is 0.629. The third-order valence-corrected chi connectivity index (χ3v) is 5.27. The van der Waals surface area contributed by atoms with Crippen molar-refractivity contribution in [2.24, 2.45) is 0 Å². The second-order valence-corrected chi connectivity index (χ2v) is 7.04. The average molecular weight is 412 g/mol. The molecule has 3 aromatic rings. The number of hydrogen-bond acceptors (Lipinski definition) is 5. The molecule has 29 heavy (non-hydrogen) atoms. The first-order valence-corrected chi connectivity index (χ1v) is 9.41. The highest BCUT2D eigenvalue weighted by atomic mass is 32.1. The summed E-state index contributed by atoms with van der Waals surface area (Å²) in [5, 5.41) is 4.76. The van der Waals surface area contributed by atoms with E-state index in [9.17, 15) is 18.4 Å². The zero-order chi connectivity index (χ0) is 20.5. The molecule has 0 saturated heterocycles. The van der Waals surface area contributed by atoms with Gasteiger partial charge >= 0.3 is 0 Å². The molecule has 0 spiro atoms. The summed E-state index contributed by atoms with van der Waals surface area (Å²) in [7, 11) is 1.49. The van der Waals surface area contributed by atoms with Crippen LogP contribution in [0.2, 0.25) is 0 Å². The van der Waals surface area contributed by atoms with E-state index >= 15 is 0 Å². The van der Waals surface area contributed by atoms with E-state index < -0.39 is 23.4 Å².